The predicted octanol–water partition coefficient (Wildman–Crippen LogP) is 2.70. The van der Waals surface area contributed by atoms with Crippen molar-refractivity contribution in [2.45, 2.75) is 12.8 Å². The number of hydrogen-bond donors (Lipinski definition) is 1. The first-order valence-electron chi connectivity index (χ1n) is 7.09. The lowest BCUT2D eigenvalue weighted by atomic mass is 10.1. The summed E-state index contributed by atoms with van der Waals surface area (Å²) in [7, 11) is 3.06. The Labute approximate surface area is 134 Å². The van der Waals surface area contributed by atoms with Gasteiger partial charge in [0, 0.05) is 24.5 Å². The van der Waals surface area contributed by atoms with Crippen LogP contribution in [0.5, 0.6) is 11.6 Å². The molecule has 23 heavy (non-hydrogen) atoms. The van der Waals surface area contributed by atoms with Crippen molar-refractivity contribution in [2.24, 2.45) is 0 Å². The fourth-order valence-corrected chi connectivity index (χ4v) is 1.97. The Morgan fingerprint density at radius 1 is 1.09 bits per heavy atom. The van der Waals surface area contributed by atoms with Crippen LogP contribution in [0.15, 0.2) is 42.6 Å². The van der Waals surface area contributed by atoms with Crippen molar-refractivity contribution in [2.75, 3.05) is 19.5 Å². The van der Waals surface area contributed by atoms with Gasteiger partial charge in [0.1, 0.15) is 5.75 Å². The lowest BCUT2D eigenvalue weighted by molar-refractivity contribution is -0.116. The summed E-state index contributed by atoms with van der Waals surface area (Å²) in [5.74, 6) is 0.737. The van der Waals surface area contributed by atoms with Gasteiger partial charge in [0.05, 0.1) is 26.1 Å². The van der Waals surface area contributed by atoms with Gasteiger partial charge in [-0.2, -0.15) is 0 Å². The molecule has 1 aromatic carbocycles. The molecule has 0 aliphatic carbocycles. The largest absolute Gasteiger partial charge is 0.497 e. The third-order valence-electron chi connectivity index (χ3n) is 3.20. The number of anilines is 1. The summed E-state index contributed by atoms with van der Waals surface area (Å²) in [6.45, 7) is 0. The summed E-state index contributed by atoms with van der Waals surface area (Å²) < 4.78 is 10.0. The van der Waals surface area contributed by atoms with Crippen LogP contribution in [0.2, 0.25) is 0 Å². The van der Waals surface area contributed by atoms with Crippen LogP contribution in [0.3, 0.4) is 0 Å². The molecule has 6 heteroatoms. The molecule has 0 bridgehead atoms. The standard InChI is InChI=1S/C17H18N2O4/c1-22-14-5-3-4-12(10-14)15(20)7-8-16(21)19-13-6-9-17(23-2)18-11-13/h3-6,9-11H,7-8H2,1-2H3,(H,19,21). The number of pyridine rings is 1. The lowest BCUT2D eigenvalue weighted by Crippen LogP contribution is -2.13. The summed E-state index contributed by atoms with van der Waals surface area (Å²) in [6, 6.07) is 10.2. The lowest BCUT2D eigenvalue weighted by Gasteiger charge is -2.06. The van der Waals surface area contributed by atoms with E-state index in [2.05, 4.69) is 10.3 Å². The quantitative estimate of drug-likeness (QED) is 0.795. The Morgan fingerprint density at radius 2 is 1.91 bits per heavy atom. The molecule has 2 aromatic rings. The van der Waals surface area contributed by atoms with E-state index in [1.54, 1.807) is 43.5 Å². The van der Waals surface area contributed by atoms with Gasteiger partial charge in [0.2, 0.25) is 11.8 Å². The number of methoxy groups -OCH3 is 2. The highest BCUT2D eigenvalue weighted by atomic mass is 16.5. The smallest absolute Gasteiger partial charge is 0.224 e. The van der Waals surface area contributed by atoms with Crippen LogP contribution in [-0.4, -0.2) is 30.9 Å². The van der Waals surface area contributed by atoms with Gasteiger partial charge in [-0.05, 0) is 18.2 Å². The molecular weight excluding hydrogens is 296 g/mol. The molecular formula is C17H18N2O4. The Balaban J connectivity index is 1.86. The van der Waals surface area contributed by atoms with E-state index in [0.717, 1.165) is 0 Å². The third kappa shape index (κ3) is 4.81. The second kappa shape index (κ2) is 7.93. The van der Waals surface area contributed by atoms with E-state index < -0.39 is 0 Å². The number of amides is 1. The van der Waals surface area contributed by atoms with Crippen molar-refractivity contribution in [3.63, 3.8) is 0 Å². The summed E-state index contributed by atoms with van der Waals surface area (Å²) >= 11 is 0. The number of Topliss-reactive ketones (excluding diaryl/α,β-unsaturated/α-hetero) is 1. The molecule has 0 unspecified atom stereocenters. The van der Waals surface area contributed by atoms with Crippen LogP contribution in [0.1, 0.15) is 23.2 Å². The molecule has 1 heterocycles. The number of aromatic nitrogens is 1. The maximum atomic E-state index is 12.1. The first-order chi connectivity index (χ1) is 11.1. The number of benzene rings is 1. The van der Waals surface area contributed by atoms with Gasteiger partial charge in [-0.25, -0.2) is 4.98 Å². The van der Waals surface area contributed by atoms with Crippen molar-refractivity contribution in [1.82, 2.24) is 4.98 Å². The Bertz CT molecular complexity index is 683. The fourth-order valence-electron chi connectivity index (χ4n) is 1.97. The second-order valence-corrected chi connectivity index (χ2v) is 4.79. The number of nitrogens with zero attached hydrogens (tertiary/aromatic N) is 1. The minimum Gasteiger partial charge on any atom is -0.497 e. The molecule has 0 atom stereocenters. The van der Waals surface area contributed by atoms with Crippen molar-refractivity contribution >= 4 is 17.4 Å². The fraction of sp³-hybridized carbons (Fsp3) is 0.235. The van der Waals surface area contributed by atoms with E-state index in [4.69, 9.17) is 9.47 Å². The monoisotopic (exact) mass is 314 g/mol. The zero-order chi connectivity index (χ0) is 16.7. The topological polar surface area (TPSA) is 77.5 Å². The second-order valence-electron chi connectivity index (χ2n) is 4.79. The van der Waals surface area contributed by atoms with Gasteiger partial charge in [-0.3, -0.25) is 9.59 Å². The van der Waals surface area contributed by atoms with Crippen LogP contribution in [0.25, 0.3) is 0 Å². The number of nitrogens with one attached hydrogen (secondary N) is 1. The first kappa shape index (κ1) is 16.5. The highest BCUT2D eigenvalue weighted by Crippen LogP contribution is 2.15. The Morgan fingerprint density at radius 3 is 2.57 bits per heavy atom. The molecule has 1 N–H and O–H groups in total. The molecule has 0 saturated carbocycles. The van der Waals surface area contributed by atoms with E-state index >= 15 is 0 Å². The molecule has 120 valence electrons. The molecule has 0 radical (unpaired) electrons. The van der Waals surface area contributed by atoms with Gasteiger partial charge >= 0.3 is 0 Å². The molecule has 2 rings (SSSR count). The molecule has 1 amide bonds. The Kier molecular flexibility index (Phi) is 5.68. The van der Waals surface area contributed by atoms with Gasteiger partial charge in [-0.1, -0.05) is 12.1 Å². The minimum atomic E-state index is -0.242. The van der Waals surface area contributed by atoms with Crippen molar-refractivity contribution in [3.05, 3.63) is 48.2 Å². The zero-order valence-electron chi connectivity index (χ0n) is 13.0. The van der Waals surface area contributed by atoms with Crippen LogP contribution >= 0.6 is 0 Å². The summed E-state index contributed by atoms with van der Waals surface area (Å²) in [4.78, 5) is 28.0. The van der Waals surface area contributed by atoms with Gasteiger partial charge < -0.3 is 14.8 Å². The molecule has 0 aliphatic rings. The Hall–Kier alpha value is -2.89. The predicted molar refractivity (Wildman–Crippen MR) is 86.0 cm³/mol. The molecule has 1 aromatic heterocycles. The normalized spacial score (nSPS) is 10.0. The van der Waals surface area contributed by atoms with Gasteiger partial charge in [-0.15, -0.1) is 0 Å². The molecule has 0 fully saturated rings. The van der Waals surface area contributed by atoms with Crippen molar-refractivity contribution in [1.29, 1.82) is 0 Å². The van der Waals surface area contributed by atoms with Crippen molar-refractivity contribution < 1.29 is 19.1 Å². The van der Waals surface area contributed by atoms with E-state index in [-0.39, 0.29) is 24.5 Å². The van der Waals surface area contributed by atoms with Crippen LogP contribution in [-0.2, 0) is 4.79 Å². The first-order valence-corrected chi connectivity index (χ1v) is 7.09. The minimum absolute atomic E-state index is 0.0993. The number of rotatable bonds is 7. The number of hydrogen-bond acceptors (Lipinski definition) is 5. The van der Waals surface area contributed by atoms with E-state index in [1.807, 2.05) is 0 Å². The van der Waals surface area contributed by atoms with Crippen LogP contribution in [0, 0.1) is 0 Å². The third-order valence-corrected chi connectivity index (χ3v) is 3.20. The number of carbonyl (C=O) groups excluding carboxylic acids is 2. The maximum Gasteiger partial charge on any atom is 0.224 e. The highest BCUT2D eigenvalue weighted by Gasteiger charge is 2.10. The zero-order valence-corrected chi connectivity index (χ0v) is 13.0. The summed E-state index contributed by atoms with van der Waals surface area (Å²) in [6.07, 6.45) is 1.73. The molecule has 0 spiro atoms. The van der Waals surface area contributed by atoms with Crippen molar-refractivity contribution in [3.8, 4) is 11.6 Å². The number of carbonyl (C=O) groups is 2. The molecule has 0 saturated heterocycles. The van der Waals surface area contributed by atoms with Crippen LogP contribution in [0.4, 0.5) is 5.69 Å². The summed E-state index contributed by atoms with van der Waals surface area (Å²) in [5, 5.41) is 2.69. The van der Waals surface area contributed by atoms with E-state index in [0.29, 0.717) is 22.9 Å². The van der Waals surface area contributed by atoms with Gasteiger partial charge in [0.25, 0.3) is 0 Å². The highest BCUT2D eigenvalue weighted by molar-refractivity contribution is 6.00. The number of ether oxygens (including phenoxy) is 2. The van der Waals surface area contributed by atoms with Crippen LogP contribution < -0.4 is 14.8 Å². The average molecular weight is 314 g/mol. The van der Waals surface area contributed by atoms with E-state index in [9.17, 15) is 9.59 Å². The maximum absolute atomic E-state index is 12.1. The molecule has 0 aliphatic heterocycles. The SMILES string of the molecule is COc1cccc(C(=O)CCC(=O)Nc2ccc(OC)nc2)c1. The number of ketones is 1. The van der Waals surface area contributed by atoms with Gasteiger partial charge in [0.15, 0.2) is 5.78 Å². The average Bonchev–Trinajstić information content (AvgIpc) is 2.60. The molecule has 6 nitrogen and oxygen atoms in total. The summed E-state index contributed by atoms with van der Waals surface area (Å²) in [5.41, 5.74) is 1.09. The van der Waals surface area contributed by atoms with E-state index in [1.165, 1.54) is 13.3 Å².